The van der Waals surface area contributed by atoms with Gasteiger partial charge in [0, 0.05) is 45.3 Å². The molecule has 5 nitrogen and oxygen atoms in total. The molecule has 1 aromatic rings. The fourth-order valence-corrected chi connectivity index (χ4v) is 2.83. The first kappa shape index (κ1) is 16.7. The molecule has 0 radical (unpaired) electrons. The summed E-state index contributed by atoms with van der Waals surface area (Å²) >= 11 is 0. The van der Waals surface area contributed by atoms with Gasteiger partial charge in [0.1, 0.15) is 5.82 Å². The number of aromatic nitrogens is 1. The van der Waals surface area contributed by atoms with Crippen molar-refractivity contribution in [3.8, 4) is 0 Å². The molecule has 1 N–H and O–H groups in total. The summed E-state index contributed by atoms with van der Waals surface area (Å²) in [5.41, 5.74) is 3.04. The minimum absolute atomic E-state index is 0.0365. The van der Waals surface area contributed by atoms with E-state index in [2.05, 4.69) is 23.2 Å². The molecule has 5 heteroatoms. The van der Waals surface area contributed by atoms with Crippen LogP contribution in [0.1, 0.15) is 42.4 Å². The second-order valence-corrected chi connectivity index (χ2v) is 6.42. The van der Waals surface area contributed by atoms with E-state index in [1.165, 1.54) is 5.56 Å². The summed E-state index contributed by atoms with van der Waals surface area (Å²) in [6.45, 7) is 9.29. The van der Waals surface area contributed by atoms with Crippen LogP contribution in [0.5, 0.6) is 0 Å². The van der Waals surface area contributed by atoms with Gasteiger partial charge in [-0.05, 0) is 38.4 Å². The van der Waals surface area contributed by atoms with Crippen LogP contribution in [0, 0.1) is 0 Å². The number of fused-ring (bicyclic) bond motifs is 1. The van der Waals surface area contributed by atoms with E-state index in [0.29, 0.717) is 5.56 Å². The third-order valence-corrected chi connectivity index (χ3v) is 4.07. The Kier molecular flexibility index (Phi) is 5.40. The molecule has 0 saturated heterocycles. The first-order valence-corrected chi connectivity index (χ1v) is 8.15. The molecule has 0 unspecified atom stereocenters. The quantitative estimate of drug-likeness (QED) is 0.920. The highest BCUT2D eigenvalue weighted by Gasteiger charge is 2.21. The molecule has 122 valence electrons. The molecular weight excluding hydrogens is 276 g/mol. The number of nitrogens with zero attached hydrogens (tertiary/aromatic N) is 3. The summed E-state index contributed by atoms with van der Waals surface area (Å²) in [5.74, 6) is 0.729. The minimum atomic E-state index is -0.0365. The van der Waals surface area contributed by atoms with Crippen molar-refractivity contribution in [3.05, 3.63) is 22.9 Å². The number of rotatable bonds is 4. The lowest BCUT2D eigenvalue weighted by atomic mass is 10.0. The Morgan fingerprint density at radius 1 is 1.36 bits per heavy atom. The predicted octanol–water partition coefficient (Wildman–Crippen LogP) is 1.71. The van der Waals surface area contributed by atoms with Crippen molar-refractivity contribution in [3.63, 3.8) is 0 Å². The molecule has 0 aliphatic carbocycles. The van der Waals surface area contributed by atoms with Gasteiger partial charge in [-0.1, -0.05) is 6.92 Å². The second-order valence-electron chi connectivity index (χ2n) is 6.42. The number of hydrogen-bond donors (Lipinski definition) is 1. The van der Waals surface area contributed by atoms with Gasteiger partial charge in [-0.15, -0.1) is 0 Å². The van der Waals surface area contributed by atoms with E-state index < -0.39 is 0 Å². The van der Waals surface area contributed by atoms with E-state index in [0.717, 1.165) is 44.0 Å². The number of carbonyl (C=O) groups is 1. The first-order chi connectivity index (χ1) is 10.4. The SMILES string of the molecule is CCN1CCc2cc(C(=O)NC(C)C)c(N(C)C)nc2CC1. The molecule has 0 saturated carbocycles. The molecule has 2 heterocycles. The van der Waals surface area contributed by atoms with Crippen LogP contribution in [-0.2, 0) is 12.8 Å². The number of pyridine rings is 1. The Morgan fingerprint density at radius 2 is 2.05 bits per heavy atom. The smallest absolute Gasteiger partial charge is 0.255 e. The van der Waals surface area contributed by atoms with Crippen LogP contribution in [0.2, 0.25) is 0 Å². The van der Waals surface area contributed by atoms with Crippen molar-refractivity contribution >= 4 is 11.7 Å². The lowest BCUT2D eigenvalue weighted by Crippen LogP contribution is -2.32. The van der Waals surface area contributed by atoms with Gasteiger partial charge in [-0.25, -0.2) is 4.98 Å². The molecule has 22 heavy (non-hydrogen) atoms. The van der Waals surface area contributed by atoms with Crippen LogP contribution in [0.15, 0.2) is 6.07 Å². The monoisotopic (exact) mass is 304 g/mol. The topological polar surface area (TPSA) is 48.5 Å². The number of amides is 1. The molecule has 1 aliphatic heterocycles. The Bertz CT molecular complexity index is 540. The maximum Gasteiger partial charge on any atom is 0.255 e. The molecule has 0 fully saturated rings. The van der Waals surface area contributed by atoms with Gasteiger partial charge < -0.3 is 15.1 Å². The highest BCUT2D eigenvalue weighted by atomic mass is 16.1. The second kappa shape index (κ2) is 7.09. The van der Waals surface area contributed by atoms with Crippen LogP contribution in [-0.4, -0.2) is 55.6 Å². The van der Waals surface area contributed by atoms with Crippen LogP contribution < -0.4 is 10.2 Å². The van der Waals surface area contributed by atoms with Crippen LogP contribution >= 0.6 is 0 Å². The minimum Gasteiger partial charge on any atom is -0.362 e. The zero-order valence-corrected chi connectivity index (χ0v) is 14.4. The number of nitrogens with one attached hydrogen (secondary N) is 1. The van der Waals surface area contributed by atoms with Gasteiger partial charge in [0.05, 0.1) is 5.56 Å². The van der Waals surface area contributed by atoms with E-state index in [1.54, 1.807) is 0 Å². The van der Waals surface area contributed by atoms with E-state index in [4.69, 9.17) is 4.98 Å². The van der Waals surface area contributed by atoms with E-state index in [1.807, 2.05) is 32.8 Å². The van der Waals surface area contributed by atoms with Gasteiger partial charge in [-0.2, -0.15) is 0 Å². The Balaban J connectivity index is 2.38. The fourth-order valence-electron chi connectivity index (χ4n) is 2.83. The Hall–Kier alpha value is -1.62. The predicted molar refractivity (Wildman–Crippen MR) is 90.7 cm³/mol. The summed E-state index contributed by atoms with van der Waals surface area (Å²) in [4.78, 5) is 21.7. The van der Waals surface area contributed by atoms with Gasteiger partial charge in [0.2, 0.25) is 0 Å². The normalized spacial score (nSPS) is 15.4. The molecule has 2 rings (SSSR count). The first-order valence-electron chi connectivity index (χ1n) is 8.15. The van der Waals surface area contributed by atoms with Crippen molar-refractivity contribution in [2.75, 3.05) is 38.6 Å². The zero-order valence-electron chi connectivity index (χ0n) is 14.4. The summed E-state index contributed by atoms with van der Waals surface area (Å²) in [6, 6.07) is 2.17. The van der Waals surface area contributed by atoms with Gasteiger partial charge in [0.15, 0.2) is 0 Å². The average molecular weight is 304 g/mol. The van der Waals surface area contributed by atoms with Crippen molar-refractivity contribution < 1.29 is 4.79 Å². The Morgan fingerprint density at radius 3 is 2.64 bits per heavy atom. The summed E-state index contributed by atoms with van der Waals surface area (Å²) < 4.78 is 0. The van der Waals surface area contributed by atoms with Crippen molar-refractivity contribution in [2.24, 2.45) is 0 Å². The summed E-state index contributed by atoms with van der Waals surface area (Å²) in [5, 5.41) is 2.98. The van der Waals surface area contributed by atoms with Crippen LogP contribution in [0.25, 0.3) is 0 Å². The third kappa shape index (κ3) is 3.77. The van der Waals surface area contributed by atoms with Crippen molar-refractivity contribution in [1.29, 1.82) is 0 Å². The van der Waals surface area contributed by atoms with Crippen LogP contribution in [0.3, 0.4) is 0 Å². The molecule has 1 aromatic heterocycles. The van der Waals surface area contributed by atoms with Gasteiger partial charge in [0.25, 0.3) is 5.91 Å². The largest absolute Gasteiger partial charge is 0.362 e. The molecule has 0 bridgehead atoms. The van der Waals surface area contributed by atoms with Crippen molar-refractivity contribution in [1.82, 2.24) is 15.2 Å². The molecule has 0 spiro atoms. The maximum absolute atomic E-state index is 12.5. The summed E-state index contributed by atoms with van der Waals surface area (Å²) in [6.07, 6.45) is 1.92. The zero-order chi connectivity index (χ0) is 16.3. The van der Waals surface area contributed by atoms with E-state index in [-0.39, 0.29) is 11.9 Å². The lowest BCUT2D eigenvalue weighted by molar-refractivity contribution is 0.0943. The van der Waals surface area contributed by atoms with Crippen LogP contribution in [0.4, 0.5) is 5.82 Å². The number of hydrogen-bond acceptors (Lipinski definition) is 4. The fraction of sp³-hybridized carbons (Fsp3) is 0.647. The van der Waals surface area contributed by atoms with Gasteiger partial charge in [-0.3, -0.25) is 4.79 Å². The Labute approximate surface area is 133 Å². The molecule has 1 aliphatic rings. The highest BCUT2D eigenvalue weighted by molar-refractivity contribution is 5.99. The maximum atomic E-state index is 12.5. The number of likely N-dealkylation sites (N-methyl/N-ethyl adjacent to an activating group) is 1. The lowest BCUT2D eigenvalue weighted by Gasteiger charge is -2.19. The molecule has 1 amide bonds. The molecular formula is C17H28N4O. The average Bonchev–Trinajstić information content (AvgIpc) is 2.66. The van der Waals surface area contributed by atoms with E-state index in [9.17, 15) is 4.79 Å². The van der Waals surface area contributed by atoms with E-state index >= 15 is 0 Å². The molecule has 0 atom stereocenters. The third-order valence-electron chi connectivity index (χ3n) is 4.07. The highest BCUT2D eigenvalue weighted by Crippen LogP contribution is 2.23. The number of anilines is 1. The number of carbonyl (C=O) groups excluding carboxylic acids is 1. The molecule has 0 aromatic carbocycles. The van der Waals surface area contributed by atoms with Crippen molar-refractivity contribution in [2.45, 2.75) is 39.7 Å². The summed E-state index contributed by atoms with van der Waals surface area (Å²) in [7, 11) is 3.88. The van der Waals surface area contributed by atoms with Gasteiger partial charge >= 0.3 is 0 Å². The standard InChI is InChI=1S/C17H28N4O/c1-6-21-9-7-13-11-14(17(22)18-12(2)3)16(20(4)5)19-15(13)8-10-21/h11-12H,6-10H2,1-5H3,(H,18,22).